The first-order chi connectivity index (χ1) is 9.75. The van der Waals surface area contributed by atoms with Crippen molar-refractivity contribution in [2.75, 3.05) is 20.1 Å². The minimum absolute atomic E-state index is 0.399. The van der Waals surface area contributed by atoms with E-state index in [1.807, 2.05) is 0 Å². The molecule has 2 heteroatoms. The Hall–Kier alpha value is -0.0800. The number of hydrogen-bond donors (Lipinski definition) is 1. The Labute approximate surface area is 127 Å². The average molecular weight is 283 g/mol. The second-order valence-electron chi connectivity index (χ2n) is 6.55. The van der Waals surface area contributed by atoms with Crippen molar-refractivity contribution in [2.24, 2.45) is 0 Å². The summed E-state index contributed by atoms with van der Waals surface area (Å²) in [4.78, 5) is 2.79. The van der Waals surface area contributed by atoms with Gasteiger partial charge in [-0.1, -0.05) is 52.9 Å². The Morgan fingerprint density at radius 2 is 1.55 bits per heavy atom. The fourth-order valence-corrected chi connectivity index (χ4v) is 4.21. The van der Waals surface area contributed by atoms with E-state index in [1.165, 1.54) is 77.3 Å². The van der Waals surface area contributed by atoms with Gasteiger partial charge >= 0.3 is 0 Å². The van der Waals surface area contributed by atoms with Crippen LogP contribution >= 0.6 is 0 Å². The molecular weight excluding hydrogens is 244 g/mol. The SMILES string of the molecule is CCCCCCCC(NC)C(CC)(CC)N1CCCC1. The van der Waals surface area contributed by atoms with Crippen LogP contribution in [0.5, 0.6) is 0 Å². The Morgan fingerprint density at radius 3 is 2.05 bits per heavy atom. The molecule has 0 aliphatic carbocycles. The fourth-order valence-electron chi connectivity index (χ4n) is 4.21. The van der Waals surface area contributed by atoms with Gasteiger partial charge in [0, 0.05) is 11.6 Å². The molecule has 1 saturated heterocycles. The molecule has 120 valence electrons. The molecule has 1 N–H and O–H groups in total. The second-order valence-corrected chi connectivity index (χ2v) is 6.55. The monoisotopic (exact) mass is 282 g/mol. The molecule has 2 nitrogen and oxygen atoms in total. The molecule has 1 unspecified atom stereocenters. The quantitative estimate of drug-likeness (QED) is 0.558. The topological polar surface area (TPSA) is 15.3 Å². The minimum atomic E-state index is 0.399. The standard InChI is InChI=1S/C18H38N2/c1-5-8-9-10-11-14-17(19-4)18(6-2,7-3)20-15-12-13-16-20/h17,19H,5-16H2,1-4H3. The molecule has 20 heavy (non-hydrogen) atoms. The smallest absolute Gasteiger partial charge is 0.0357 e. The number of hydrogen-bond acceptors (Lipinski definition) is 2. The summed E-state index contributed by atoms with van der Waals surface area (Å²) in [7, 11) is 2.17. The Kier molecular flexibility index (Phi) is 8.79. The molecule has 1 fully saturated rings. The second kappa shape index (κ2) is 9.78. The molecule has 1 atom stereocenters. The lowest BCUT2D eigenvalue weighted by atomic mass is 9.80. The van der Waals surface area contributed by atoms with Crippen LogP contribution in [0.25, 0.3) is 0 Å². The number of likely N-dealkylation sites (tertiary alicyclic amines) is 1. The average Bonchev–Trinajstić information content (AvgIpc) is 3.01. The van der Waals surface area contributed by atoms with E-state index in [9.17, 15) is 0 Å². The third kappa shape index (κ3) is 4.46. The van der Waals surface area contributed by atoms with Crippen LogP contribution in [0, 0.1) is 0 Å². The normalized spacial score (nSPS) is 18.6. The highest BCUT2D eigenvalue weighted by Gasteiger charge is 2.40. The van der Waals surface area contributed by atoms with Crippen LogP contribution in [0.3, 0.4) is 0 Å². The minimum Gasteiger partial charge on any atom is -0.315 e. The van der Waals surface area contributed by atoms with Crippen molar-refractivity contribution >= 4 is 0 Å². The van der Waals surface area contributed by atoms with E-state index in [4.69, 9.17) is 0 Å². The summed E-state index contributed by atoms with van der Waals surface area (Å²) in [5.41, 5.74) is 0.399. The first-order valence-corrected chi connectivity index (χ1v) is 9.17. The molecule has 0 aromatic heterocycles. The molecule has 1 aliphatic heterocycles. The maximum Gasteiger partial charge on any atom is 0.0357 e. The Balaban J connectivity index is 2.56. The van der Waals surface area contributed by atoms with Crippen molar-refractivity contribution in [3.05, 3.63) is 0 Å². The van der Waals surface area contributed by atoms with Crippen LogP contribution in [-0.4, -0.2) is 36.6 Å². The molecule has 0 bridgehead atoms. The predicted molar refractivity (Wildman–Crippen MR) is 90.3 cm³/mol. The van der Waals surface area contributed by atoms with Crippen molar-refractivity contribution in [1.29, 1.82) is 0 Å². The van der Waals surface area contributed by atoms with Crippen LogP contribution in [0.4, 0.5) is 0 Å². The molecule has 0 spiro atoms. The van der Waals surface area contributed by atoms with Gasteiger partial charge in [0.15, 0.2) is 0 Å². The number of nitrogens with zero attached hydrogens (tertiary/aromatic N) is 1. The zero-order chi connectivity index (χ0) is 14.8. The molecule has 0 aromatic carbocycles. The van der Waals surface area contributed by atoms with E-state index in [1.54, 1.807) is 0 Å². The van der Waals surface area contributed by atoms with Gasteiger partial charge in [-0.25, -0.2) is 0 Å². The maximum atomic E-state index is 3.67. The molecule has 0 saturated carbocycles. The summed E-state index contributed by atoms with van der Waals surface area (Å²) in [5.74, 6) is 0. The maximum absolute atomic E-state index is 3.67. The van der Waals surface area contributed by atoms with Gasteiger partial charge in [0.25, 0.3) is 0 Å². The van der Waals surface area contributed by atoms with E-state index < -0.39 is 0 Å². The summed E-state index contributed by atoms with van der Waals surface area (Å²) in [6.45, 7) is 9.71. The van der Waals surface area contributed by atoms with E-state index in [0.717, 1.165) is 0 Å². The third-order valence-electron chi connectivity index (χ3n) is 5.55. The molecule has 0 aromatic rings. The third-order valence-corrected chi connectivity index (χ3v) is 5.55. The van der Waals surface area contributed by atoms with Gasteiger partial charge in [-0.3, -0.25) is 4.90 Å². The van der Waals surface area contributed by atoms with Crippen molar-refractivity contribution < 1.29 is 0 Å². The van der Waals surface area contributed by atoms with E-state index in [2.05, 4.69) is 38.0 Å². The predicted octanol–water partition coefficient (Wildman–Crippen LogP) is 4.59. The first kappa shape index (κ1) is 18.0. The Bertz CT molecular complexity index is 230. The van der Waals surface area contributed by atoms with Crippen molar-refractivity contribution in [1.82, 2.24) is 10.2 Å². The summed E-state index contributed by atoms with van der Waals surface area (Å²) in [6.07, 6.45) is 13.7. The fraction of sp³-hybridized carbons (Fsp3) is 1.00. The van der Waals surface area contributed by atoms with Gasteiger partial charge in [0.1, 0.15) is 0 Å². The van der Waals surface area contributed by atoms with Gasteiger partial charge in [-0.15, -0.1) is 0 Å². The largest absolute Gasteiger partial charge is 0.315 e. The number of likely N-dealkylation sites (N-methyl/N-ethyl adjacent to an activating group) is 1. The van der Waals surface area contributed by atoms with E-state index in [0.29, 0.717) is 11.6 Å². The van der Waals surface area contributed by atoms with E-state index >= 15 is 0 Å². The lowest BCUT2D eigenvalue weighted by molar-refractivity contribution is 0.0605. The van der Waals surface area contributed by atoms with Gasteiger partial charge in [-0.2, -0.15) is 0 Å². The summed E-state index contributed by atoms with van der Waals surface area (Å²) < 4.78 is 0. The Morgan fingerprint density at radius 1 is 0.950 bits per heavy atom. The molecule has 0 radical (unpaired) electrons. The van der Waals surface area contributed by atoms with Gasteiger partial charge in [0.2, 0.25) is 0 Å². The number of unbranched alkanes of at least 4 members (excludes halogenated alkanes) is 4. The van der Waals surface area contributed by atoms with Gasteiger partial charge in [-0.05, 0) is 52.2 Å². The highest BCUT2D eigenvalue weighted by Crippen LogP contribution is 2.33. The molecule has 1 heterocycles. The van der Waals surface area contributed by atoms with Gasteiger partial charge in [0.05, 0.1) is 0 Å². The van der Waals surface area contributed by atoms with Crippen LogP contribution in [-0.2, 0) is 0 Å². The van der Waals surface area contributed by atoms with Gasteiger partial charge < -0.3 is 5.32 Å². The molecule has 1 rings (SSSR count). The first-order valence-electron chi connectivity index (χ1n) is 9.17. The van der Waals surface area contributed by atoms with Crippen molar-refractivity contribution in [3.63, 3.8) is 0 Å². The summed E-state index contributed by atoms with van der Waals surface area (Å²) in [6, 6.07) is 0.664. The van der Waals surface area contributed by atoms with Crippen molar-refractivity contribution in [2.45, 2.75) is 96.6 Å². The van der Waals surface area contributed by atoms with Crippen molar-refractivity contribution in [3.8, 4) is 0 Å². The highest BCUT2D eigenvalue weighted by atomic mass is 15.2. The molecule has 0 amide bonds. The lowest BCUT2D eigenvalue weighted by Crippen LogP contribution is -2.59. The lowest BCUT2D eigenvalue weighted by Gasteiger charge is -2.47. The number of nitrogens with one attached hydrogen (secondary N) is 1. The summed E-state index contributed by atoms with van der Waals surface area (Å²) >= 11 is 0. The van der Waals surface area contributed by atoms with Crippen LogP contribution in [0.2, 0.25) is 0 Å². The van der Waals surface area contributed by atoms with Crippen LogP contribution < -0.4 is 5.32 Å². The number of rotatable bonds is 11. The molecule has 1 aliphatic rings. The molecular formula is C18H38N2. The zero-order valence-electron chi connectivity index (χ0n) is 14.5. The zero-order valence-corrected chi connectivity index (χ0v) is 14.5. The van der Waals surface area contributed by atoms with Crippen LogP contribution in [0.15, 0.2) is 0 Å². The summed E-state index contributed by atoms with van der Waals surface area (Å²) in [5, 5.41) is 3.67. The van der Waals surface area contributed by atoms with E-state index in [-0.39, 0.29) is 0 Å². The highest BCUT2D eigenvalue weighted by molar-refractivity contribution is 4.99. The van der Waals surface area contributed by atoms with Crippen LogP contribution in [0.1, 0.15) is 85.0 Å².